The van der Waals surface area contributed by atoms with Crippen LogP contribution in [0.4, 0.5) is 0 Å². The second-order valence-corrected chi connectivity index (χ2v) is 4.80. The number of amides is 1. The highest BCUT2D eigenvalue weighted by molar-refractivity contribution is 5.97. The quantitative estimate of drug-likeness (QED) is 0.888. The summed E-state index contributed by atoms with van der Waals surface area (Å²) in [5.41, 5.74) is 2.53. The summed E-state index contributed by atoms with van der Waals surface area (Å²) in [6.07, 6.45) is -0.0372. The summed E-state index contributed by atoms with van der Waals surface area (Å²) in [7, 11) is 0. The molecule has 0 radical (unpaired) electrons. The molecule has 0 saturated carbocycles. The molecule has 0 bridgehead atoms. The average molecular weight is 263 g/mol. The number of benzene rings is 1. The maximum Gasteiger partial charge on any atom is 0.305 e. The lowest BCUT2D eigenvalue weighted by Gasteiger charge is -2.28. The fraction of sp³-hybridized carbons (Fsp3) is 0.467. The zero-order valence-electron chi connectivity index (χ0n) is 11.9. The molecule has 1 unspecified atom stereocenters. The third-order valence-electron chi connectivity index (χ3n) is 3.30. The van der Waals surface area contributed by atoms with Crippen LogP contribution in [0.3, 0.4) is 0 Å². The Morgan fingerprint density at radius 1 is 1.26 bits per heavy atom. The molecule has 0 aliphatic carbocycles. The summed E-state index contributed by atoms with van der Waals surface area (Å²) >= 11 is 0. The van der Waals surface area contributed by atoms with Crippen molar-refractivity contribution in [2.45, 2.75) is 40.2 Å². The van der Waals surface area contributed by atoms with Gasteiger partial charge in [0.15, 0.2) is 0 Å². The van der Waals surface area contributed by atoms with Crippen LogP contribution in [0.1, 0.15) is 41.8 Å². The van der Waals surface area contributed by atoms with E-state index in [0.29, 0.717) is 12.1 Å². The number of carboxylic acid groups (broad SMARTS) is 1. The third-order valence-corrected chi connectivity index (χ3v) is 3.30. The molecule has 1 aromatic rings. The van der Waals surface area contributed by atoms with Gasteiger partial charge in [-0.25, -0.2) is 0 Å². The number of carbonyl (C=O) groups is 2. The van der Waals surface area contributed by atoms with Crippen LogP contribution in [0.15, 0.2) is 18.2 Å². The second-order valence-electron chi connectivity index (χ2n) is 4.80. The van der Waals surface area contributed by atoms with Crippen molar-refractivity contribution >= 4 is 11.9 Å². The van der Waals surface area contributed by atoms with Gasteiger partial charge in [-0.15, -0.1) is 0 Å². The van der Waals surface area contributed by atoms with Crippen LogP contribution in [0, 0.1) is 13.8 Å². The van der Waals surface area contributed by atoms with Crippen LogP contribution in [-0.2, 0) is 4.79 Å². The molecule has 0 aliphatic heterocycles. The molecule has 0 spiro atoms. The lowest BCUT2D eigenvalue weighted by atomic mass is 10.0. The Morgan fingerprint density at radius 2 is 1.79 bits per heavy atom. The highest BCUT2D eigenvalue weighted by Crippen LogP contribution is 2.18. The van der Waals surface area contributed by atoms with Gasteiger partial charge in [-0.05, 0) is 38.8 Å². The van der Waals surface area contributed by atoms with Gasteiger partial charge in [-0.3, -0.25) is 9.59 Å². The summed E-state index contributed by atoms with van der Waals surface area (Å²) in [6.45, 7) is 7.93. The molecule has 1 atom stereocenters. The molecule has 0 heterocycles. The van der Waals surface area contributed by atoms with E-state index in [0.717, 1.165) is 11.1 Å². The topological polar surface area (TPSA) is 57.6 Å². The number of aryl methyl sites for hydroxylation is 2. The fourth-order valence-electron chi connectivity index (χ4n) is 2.31. The Morgan fingerprint density at radius 3 is 2.21 bits per heavy atom. The van der Waals surface area contributed by atoms with Crippen molar-refractivity contribution in [1.29, 1.82) is 0 Å². The minimum absolute atomic E-state index is 0.0372. The summed E-state index contributed by atoms with van der Waals surface area (Å²) in [6, 6.07) is 5.40. The second kappa shape index (κ2) is 6.36. The van der Waals surface area contributed by atoms with Crippen molar-refractivity contribution in [3.63, 3.8) is 0 Å². The summed E-state index contributed by atoms with van der Waals surface area (Å²) in [5.74, 6) is -0.980. The van der Waals surface area contributed by atoms with E-state index in [9.17, 15) is 9.59 Å². The van der Waals surface area contributed by atoms with Crippen LogP contribution in [0.5, 0.6) is 0 Å². The molecule has 0 aliphatic rings. The molecule has 1 aromatic carbocycles. The predicted octanol–water partition coefficient (Wildman–Crippen LogP) is 2.63. The maximum atomic E-state index is 12.6. The van der Waals surface area contributed by atoms with E-state index in [4.69, 9.17) is 5.11 Å². The standard InChI is InChI=1S/C15H21NO3/c1-5-16(12(4)9-13(17)18)15(19)14-10(2)7-6-8-11(14)3/h6-8,12H,5,9H2,1-4H3,(H,17,18). The summed E-state index contributed by atoms with van der Waals surface area (Å²) < 4.78 is 0. The van der Waals surface area contributed by atoms with Crippen molar-refractivity contribution in [1.82, 2.24) is 4.90 Å². The highest BCUT2D eigenvalue weighted by Gasteiger charge is 2.24. The molecule has 0 fully saturated rings. The van der Waals surface area contributed by atoms with Gasteiger partial charge in [0.2, 0.25) is 0 Å². The van der Waals surface area contributed by atoms with Gasteiger partial charge >= 0.3 is 5.97 Å². The SMILES string of the molecule is CCN(C(=O)c1c(C)cccc1C)C(C)CC(=O)O. The first kappa shape index (κ1) is 15.2. The van der Waals surface area contributed by atoms with E-state index in [1.807, 2.05) is 39.0 Å². The molecule has 1 N–H and O–H groups in total. The first-order valence-electron chi connectivity index (χ1n) is 6.47. The first-order chi connectivity index (χ1) is 8.88. The first-order valence-corrected chi connectivity index (χ1v) is 6.47. The molecular formula is C15H21NO3. The lowest BCUT2D eigenvalue weighted by Crippen LogP contribution is -2.40. The number of carboxylic acids is 1. The number of carbonyl (C=O) groups excluding carboxylic acids is 1. The molecule has 0 aromatic heterocycles. The van der Waals surface area contributed by atoms with Crippen molar-refractivity contribution < 1.29 is 14.7 Å². The summed E-state index contributed by atoms with van der Waals surface area (Å²) in [4.78, 5) is 25.0. The predicted molar refractivity (Wildman–Crippen MR) is 74.3 cm³/mol. The molecule has 1 rings (SSSR count). The van der Waals surface area contributed by atoms with Gasteiger partial charge in [0.25, 0.3) is 5.91 Å². The smallest absolute Gasteiger partial charge is 0.305 e. The Bertz CT molecular complexity index is 462. The highest BCUT2D eigenvalue weighted by atomic mass is 16.4. The van der Waals surface area contributed by atoms with Crippen LogP contribution >= 0.6 is 0 Å². The fourth-order valence-corrected chi connectivity index (χ4v) is 2.31. The van der Waals surface area contributed by atoms with Gasteiger partial charge in [0.1, 0.15) is 0 Å². The molecule has 104 valence electrons. The Kier molecular flexibility index (Phi) is 5.10. The van der Waals surface area contributed by atoms with E-state index >= 15 is 0 Å². The van der Waals surface area contributed by atoms with Gasteiger partial charge in [0.05, 0.1) is 6.42 Å². The normalized spacial score (nSPS) is 12.0. The van der Waals surface area contributed by atoms with Crippen molar-refractivity contribution in [2.75, 3.05) is 6.54 Å². The van der Waals surface area contributed by atoms with Crippen LogP contribution in [0.2, 0.25) is 0 Å². The van der Waals surface area contributed by atoms with Gasteiger partial charge in [-0.2, -0.15) is 0 Å². The van der Waals surface area contributed by atoms with Crippen LogP contribution in [-0.4, -0.2) is 34.5 Å². The molecule has 4 nitrogen and oxygen atoms in total. The average Bonchev–Trinajstić information content (AvgIpc) is 2.28. The number of hydrogen-bond acceptors (Lipinski definition) is 2. The van der Waals surface area contributed by atoms with E-state index in [1.54, 1.807) is 11.8 Å². The zero-order chi connectivity index (χ0) is 14.6. The van der Waals surface area contributed by atoms with E-state index in [2.05, 4.69) is 0 Å². The number of nitrogens with zero attached hydrogens (tertiary/aromatic N) is 1. The van der Waals surface area contributed by atoms with Gasteiger partial charge < -0.3 is 10.0 Å². The van der Waals surface area contributed by atoms with E-state index in [1.165, 1.54) is 0 Å². The minimum Gasteiger partial charge on any atom is -0.481 e. The van der Waals surface area contributed by atoms with E-state index in [-0.39, 0.29) is 18.4 Å². The molecular weight excluding hydrogens is 242 g/mol. The number of aliphatic carboxylic acids is 1. The maximum absolute atomic E-state index is 12.6. The van der Waals surface area contributed by atoms with Gasteiger partial charge in [0, 0.05) is 18.2 Å². The van der Waals surface area contributed by atoms with Crippen molar-refractivity contribution in [2.24, 2.45) is 0 Å². The largest absolute Gasteiger partial charge is 0.481 e. The Labute approximate surface area is 114 Å². The summed E-state index contributed by atoms with van der Waals surface area (Å²) in [5, 5.41) is 8.85. The molecule has 4 heteroatoms. The lowest BCUT2D eigenvalue weighted by molar-refractivity contribution is -0.138. The van der Waals surface area contributed by atoms with Crippen LogP contribution in [0.25, 0.3) is 0 Å². The van der Waals surface area contributed by atoms with E-state index < -0.39 is 5.97 Å². The zero-order valence-corrected chi connectivity index (χ0v) is 11.9. The Hall–Kier alpha value is -1.84. The number of rotatable bonds is 5. The minimum atomic E-state index is -0.889. The van der Waals surface area contributed by atoms with Gasteiger partial charge in [-0.1, -0.05) is 18.2 Å². The molecule has 0 saturated heterocycles. The van der Waals surface area contributed by atoms with Crippen molar-refractivity contribution in [3.8, 4) is 0 Å². The Balaban J connectivity index is 3.05. The van der Waals surface area contributed by atoms with Crippen molar-refractivity contribution in [3.05, 3.63) is 34.9 Å². The molecule has 1 amide bonds. The van der Waals surface area contributed by atoms with Crippen LogP contribution < -0.4 is 0 Å². The monoisotopic (exact) mass is 263 g/mol. The number of hydrogen-bond donors (Lipinski definition) is 1. The third kappa shape index (κ3) is 3.56. The molecule has 19 heavy (non-hydrogen) atoms.